The molecule has 34 heavy (non-hydrogen) atoms. The summed E-state index contributed by atoms with van der Waals surface area (Å²) < 4.78 is 34.6. The second kappa shape index (κ2) is 11.8. The lowest BCUT2D eigenvalue weighted by Gasteiger charge is -2.42. The highest BCUT2D eigenvalue weighted by Gasteiger charge is 2.35. The van der Waals surface area contributed by atoms with Crippen LogP contribution in [0, 0.1) is 29.4 Å². The maximum absolute atomic E-state index is 14.8. The Kier molecular flexibility index (Phi) is 8.59. The molecule has 2 fully saturated rings. The summed E-state index contributed by atoms with van der Waals surface area (Å²) in [5.41, 5.74) is 2.32. The van der Waals surface area contributed by atoms with Crippen LogP contribution in [0.15, 0.2) is 60.7 Å². The van der Waals surface area contributed by atoms with E-state index in [0.717, 1.165) is 17.8 Å². The lowest BCUT2D eigenvalue weighted by atomic mass is 9.63. The number of halogens is 2. The van der Waals surface area contributed by atoms with E-state index in [1.165, 1.54) is 63.0 Å². The van der Waals surface area contributed by atoms with Gasteiger partial charge < -0.3 is 4.74 Å². The van der Waals surface area contributed by atoms with Crippen LogP contribution in [-0.2, 0) is 0 Å². The summed E-state index contributed by atoms with van der Waals surface area (Å²) in [6, 6.07) is 11.3. The van der Waals surface area contributed by atoms with Gasteiger partial charge in [-0.2, -0.15) is 4.39 Å². The molecule has 0 saturated heterocycles. The Morgan fingerprint density at radius 1 is 0.824 bits per heavy atom. The lowest BCUT2D eigenvalue weighted by Crippen LogP contribution is -2.30. The SMILES string of the molecule is C/C=C/CCC1CCC2CC(c3ccc(-c4ccc(OC/C=C/C)c(F)c4F)cc3)CCC2C1. The first-order chi connectivity index (χ1) is 16.6. The van der Waals surface area contributed by atoms with E-state index in [2.05, 4.69) is 31.2 Å². The monoisotopic (exact) mass is 464 g/mol. The largest absolute Gasteiger partial charge is 0.486 e. The van der Waals surface area contributed by atoms with Gasteiger partial charge in [0.15, 0.2) is 11.6 Å². The summed E-state index contributed by atoms with van der Waals surface area (Å²) in [5, 5.41) is 0. The first kappa shape index (κ1) is 24.7. The normalized spacial score (nSPS) is 25.1. The third-order valence-corrected chi connectivity index (χ3v) is 8.01. The zero-order valence-electron chi connectivity index (χ0n) is 20.6. The van der Waals surface area contributed by atoms with Crippen LogP contribution in [0.5, 0.6) is 5.75 Å². The number of allylic oxidation sites excluding steroid dienone is 3. The summed E-state index contributed by atoms with van der Waals surface area (Å²) in [6.07, 6.45) is 18.6. The number of fused-ring (bicyclic) bond motifs is 1. The van der Waals surface area contributed by atoms with E-state index in [0.29, 0.717) is 11.5 Å². The number of benzene rings is 2. The Morgan fingerprint density at radius 2 is 1.56 bits per heavy atom. The van der Waals surface area contributed by atoms with Gasteiger partial charge >= 0.3 is 0 Å². The second-order valence-electron chi connectivity index (χ2n) is 10.1. The second-order valence-corrected chi connectivity index (χ2v) is 10.1. The molecule has 0 N–H and O–H groups in total. The fourth-order valence-corrected chi connectivity index (χ4v) is 6.09. The van der Waals surface area contributed by atoms with Gasteiger partial charge in [-0.05, 0) is 106 Å². The van der Waals surface area contributed by atoms with Crippen molar-refractivity contribution in [2.75, 3.05) is 6.61 Å². The van der Waals surface area contributed by atoms with Gasteiger partial charge in [-0.15, -0.1) is 0 Å². The summed E-state index contributed by atoms with van der Waals surface area (Å²) in [6.45, 7) is 4.19. The maximum atomic E-state index is 14.8. The first-order valence-electron chi connectivity index (χ1n) is 13.0. The molecule has 4 atom stereocenters. The molecule has 0 radical (unpaired) electrons. The minimum absolute atomic E-state index is 0.0516. The van der Waals surface area contributed by atoms with Gasteiger partial charge in [0.25, 0.3) is 0 Å². The molecule has 2 saturated carbocycles. The average Bonchev–Trinajstić information content (AvgIpc) is 2.87. The van der Waals surface area contributed by atoms with Crippen molar-refractivity contribution in [3.05, 3.63) is 77.9 Å². The number of hydrogen-bond donors (Lipinski definition) is 0. The van der Waals surface area contributed by atoms with Crippen molar-refractivity contribution in [1.29, 1.82) is 0 Å². The fraction of sp³-hybridized carbons (Fsp3) is 0.484. The van der Waals surface area contributed by atoms with Crippen molar-refractivity contribution in [1.82, 2.24) is 0 Å². The predicted molar refractivity (Wildman–Crippen MR) is 137 cm³/mol. The summed E-state index contributed by atoms with van der Waals surface area (Å²) >= 11 is 0. The van der Waals surface area contributed by atoms with Crippen LogP contribution < -0.4 is 4.74 Å². The van der Waals surface area contributed by atoms with Crippen molar-refractivity contribution in [3.8, 4) is 16.9 Å². The van der Waals surface area contributed by atoms with Crippen molar-refractivity contribution in [2.45, 2.75) is 71.1 Å². The Labute approximate surface area is 203 Å². The van der Waals surface area contributed by atoms with Crippen molar-refractivity contribution >= 4 is 0 Å². The number of hydrogen-bond acceptors (Lipinski definition) is 1. The molecule has 0 aromatic heterocycles. The third-order valence-electron chi connectivity index (χ3n) is 8.01. The molecule has 0 bridgehead atoms. The predicted octanol–water partition coefficient (Wildman–Crippen LogP) is 9.24. The van der Waals surface area contributed by atoms with Crippen LogP contribution in [-0.4, -0.2) is 6.61 Å². The zero-order valence-corrected chi connectivity index (χ0v) is 20.6. The number of ether oxygens (including phenoxy) is 1. The molecule has 2 aliphatic rings. The molecule has 182 valence electrons. The van der Waals surface area contributed by atoms with E-state index < -0.39 is 11.6 Å². The van der Waals surface area contributed by atoms with E-state index in [9.17, 15) is 8.78 Å². The van der Waals surface area contributed by atoms with Gasteiger partial charge in [-0.25, -0.2) is 4.39 Å². The summed E-state index contributed by atoms with van der Waals surface area (Å²) in [4.78, 5) is 0. The molecule has 1 nitrogen and oxygen atoms in total. The van der Waals surface area contributed by atoms with E-state index >= 15 is 0 Å². The van der Waals surface area contributed by atoms with Crippen LogP contribution in [0.25, 0.3) is 11.1 Å². The highest BCUT2D eigenvalue weighted by atomic mass is 19.2. The van der Waals surface area contributed by atoms with Gasteiger partial charge in [0.05, 0.1) is 0 Å². The highest BCUT2D eigenvalue weighted by Crippen LogP contribution is 2.48. The smallest absolute Gasteiger partial charge is 0.201 e. The standard InChI is InChI=1S/C31H38F2O/c1-3-5-7-8-22-9-10-27-21-26(16-15-25(27)20-22)23-11-13-24(14-12-23)28-17-18-29(31(33)30(28)32)34-19-6-4-2/h3-6,11-14,17-18,22,25-27H,7-10,15-16,19-21H2,1-2H3/b5-3+,6-4+. The Balaban J connectivity index is 1.38. The highest BCUT2D eigenvalue weighted by molar-refractivity contribution is 5.65. The van der Waals surface area contributed by atoms with Crippen molar-refractivity contribution in [2.24, 2.45) is 17.8 Å². The fourth-order valence-electron chi connectivity index (χ4n) is 6.09. The first-order valence-corrected chi connectivity index (χ1v) is 13.0. The van der Waals surface area contributed by atoms with Crippen molar-refractivity contribution < 1.29 is 13.5 Å². The molecule has 2 aromatic rings. The summed E-state index contributed by atoms with van der Waals surface area (Å²) in [7, 11) is 0. The number of rotatable bonds is 8. The molecule has 0 spiro atoms. The molecule has 0 aliphatic heterocycles. The quantitative estimate of drug-likeness (QED) is 0.354. The van der Waals surface area contributed by atoms with Crippen molar-refractivity contribution in [3.63, 3.8) is 0 Å². The minimum Gasteiger partial charge on any atom is -0.486 e. The lowest BCUT2D eigenvalue weighted by molar-refractivity contribution is 0.115. The van der Waals surface area contributed by atoms with Gasteiger partial charge in [-0.3, -0.25) is 0 Å². The third kappa shape index (κ3) is 5.79. The molecule has 0 heterocycles. The molecule has 3 heteroatoms. The van der Waals surface area contributed by atoms with Crippen LogP contribution in [0.2, 0.25) is 0 Å². The summed E-state index contributed by atoms with van der Waals surface area (Å²) in [5.74, 6) is 1.40. The van der Waals surface area contributed by atoms with E-state index in [4.69, 9.17) is 4.74 Å². The van der Waals surface area contributed by atoms with Crippen LogP contribution >= 0.6 is 0 Å². The maximum Gasteiger partial charge on any atom is 0.201 e. The van der Waals surface area contributed by atoms with E-state index in [-0.39, 0.29) is 17.9 Å². The van der Waals surface area contributed by atoms with Gasteiger partial charge in [0, 0.05) is 5.56 Å². The average molecular weight is 465 g/mol. The van der Waals surface area contributed by atoms with Gasteiger partial charge in [0.2, 0.25) is 5.82 Å². The van der Waals surface area contributed by atoms with Crippen LogP contribution in [0.1, 0.15) is 76.7 Å². The molecular weight excluding hydrogens is 426 g/mol. The minimum atomic E-state index is -0.925. The van der Waals surface area contributed by atoms with E-state index in [1.807, 2.05) is 25.1 Å². The molecule has 2 aromatic carbocycles. The van der Waals surface area contributed by atoms with Gasteiger partial charge in [-0.1, -0.05) is 55.0 Å². The van der Waals surface area contributed by atoms with Crippen LogP contribution in [0.3, 0.4) is 0 Å². The van der Waals surface area contributed by atoms with Crippen LogP contribution in [0.4, 0.5) is 8.78 Å². The van der Waals surface area contributed by atoms with E-state index in [1.54, 1.807) is 12.1 Å². The zero-order chi connectivity index (χ0) is 23.9. The molecular formula is C31H38F2O. The molecule has 0 amide bonds. The molecule has 4 unspecified atom stereocenters. The Morgan fingerprint density at radius 3 is 2.32 bits per heavy atom. The van der Waals surface area contributed by atoms with Gasteiger partial charge in [0.1, 0.15) is 6.61 Å². The Hall–Kier alpha value is -2.42. The topological polar surface area (TPSA) is 9.23 Å². The molecule has 4 rings (SSSR count). The Bertz CT molecular complexity index is 991. The molecule has 2 aliphatic carbocycles.